The molecule has 1 aromatic rings. The minimum atomic E-state index is 0.0553. The number of nitrogens with one attached hydrogen (secondary N) is 1. The second kappa shape index (κ2) is 3.44. The average Bonchev–Trinajstić information content (AvgIpc) is 2.97. The van der Waals surface area contributed by atoms with Crippen molar-refractivity contribution in [3.05, 3.63) is 27.9 Å². The molecule has 1 aromatic heterocycles. The van der Waals surface area contributed by atoms with Crippen molar-refractivity contribution in [2.24, 2.45) is 11.8 Å². The minimum absolute atomic E-state index is 0.0553. The predicted octanol–water partition coefficient (Wildman–Crippen LogP) is 2.55. The molecular weight excluding hydrogens is 212 g/mol. The van der Waals surface area contributed by atoms with Crippen molar-refractivity contribution in [2.75, 3.05) is 0 Å². The van der Waals surface area contributed by atoms with Gasteiger partial charge in [-0.15, -0.1) is 0 Å². The minimum Gasteiger partial charge on any atom is -0.310 e. The summed E-state index contributed by atoms with van der Waals surface area (Å²) >= 11 is 0. The van der Waals surface area contributed by atoms with Gasteiger partial charge in [-0.3, -0.25) is 4.79 Å². The van der Waals surface area contributed by atoms with Crippen LogP contribution in [-0.4, -0.2) is 9.97 Å². The molecule has 3 aliphatic rings. The average molecular weight is 230 g/mol. The molecule has 3 atom stereocenters. The highest BCUT2D eigenvalue weighted by molar-refractivity contribution is 5.17. The van der Waals surface area contributed by atoms with Gasteiger partial charge >= 0.3 is 0 Å². The van der Waals surface area contributed by atoms with Gasteiger partial charge in [0, 0.05) is 17.9 Å². The first-order valence-corrected chi connectivity index (χ1v) is 6.91. The Morgan fingerprint density at radius 1 is 1.18 bits per heavy atom. The highest BCUT2D eigenvalue weighted by Crippen LogP contribution is 2.52. The summed E-state index contributed by atoms with van der Waals surface area (Å²) < 4.78 is 0. The lowest BCUT2D eigenvalue weighted by Crippen LogP contribution is -2.19. The molecule has 3 unspecified atom stereocenters. The summed E-state index contributed by atoms with van der Waals surface area (Å²) in [5.41, 5.74) is 1.10. The maximum Gasteiger partial charge on any atom is 0.251 e. The molecule has 0 radical (unpaired) electrons. The Morgan fingerprint density at radius 3 is 2.71 bits per heavy atom. The molecule has 1 heterocycles. The first kappa shape index (κ1) is 9.86. The van der Waals surface area contributed by atoms with Crippen molar-refractivity contribution in [2.45, 2.75) is 50.4 Å². The second-order valence-electron chi connectivity index (χ2n) is 6.11. The molecule has 0 aromatic carbocycles. The maximum atomic E-state index is 11.7. The fourth-order valence-corrected chi connectivity index (χ4v) is 3.84. The summed E-state index contributed by atoms with van der Waals surface area (Å²) in [7, 11) is 0. The van der Waals surface area contributed by atoms with Crippen LogP contribution in [0.15, 0.2) is 10.9 Å². The van der Waals surface area contributed by atoms with Crippen LogP contribution in [0.4, 0.5) is 0 Å². The van der Waals surface area contributed by atoms with E-state index in [1.807, 2.05) is 0 Å². The van der Waals surface area contributed by atoms with Crippen LogP contribution in [0.2, 0.25) is 0 Å². The summed E-state index contributed by atoms with van der Waals surface area (Å²) in [6, 6.07) is 1.70. The van der Waals surface area contributed by atoms with Gasteiger partial charge in [0.15, 0.2) is 0 Å². The van der Waals surface area contributed by atoms with E-state index in [1.54, 1.807) is 6.07 Å². The number of H-pyrrole nitrogens is 1. The van der Waals surface area contributed by atoms with Gasteiger partial charge in [-0.25, -0.2) is 4.98 Å². The van der Waals surface area contributed by atoms with Crippen LogP contribution in [0.25, 0.3) is 0 Å². The summed E-state index contributed by atoms with van der Waals surface area (Å²) in [5, 5.41) is 0. The number of nitrogens with zero attached hydrogens (tertiary/aromatic N) is 1. The largest absolute Gasteiger partial charge is 0.310 e. The molecule has 3 aliphatic carbocycles. The van der Waals surface area contributed by atoms with E-state index in [0.717, 1.165) is 23.4 Å². The summed E-state index contributed by atoms with van der Waals surface area (Å²) in [4.78, 5) is 19.4. The number of hydrogen-bond acceptors (Lipinski definition) is 2. The third-order valence-electron chi connectivity index (χ3n) is 4.86. The number of rotatable bonds is 2. The molecule has 1 N–H and O–H groups in total. The molecule has 3 nitrogen and oxygen atoms in total. The molecular formula is C14H18N2O. The normalized spacial score (nSPS) is 35.4. The Balaban J connectivity index is 1.70. The molecule has 3 heteroatoms. The first-order valence-electron chi connectivity index (χ1n) is 6.91. The van der Waals surface area contributed by atoms with Crippen LogP contribution in [0.1, 0.15) is 61.9 Å². The van der Waals surface area contributed by atoms with Crippen molar-refractivity contribution in [3.63, 3.8) is 0 Å². The fourth-order valence-electron chi connectivity index (χ4n) is 3.84. The van der Waals surface area contributed by atoms with Gasteiger partial charge in [-0.05, 0) is 43.9 Å². The number of aromatic nitrogens is 2. The van der Waals surface area contributed by atoms with Crippen LogP contribution in [0.5, 0.6) is 0 Å². The Bertz CT molecular complexity index is 503. The van der Waals surface area contributed by atoms with E-state index in [1.165, 1.54) is 38.5 Å². The van der Waals surface area contributed by atoms with Gasteiger partial charge in [0.25, 0.3) is 5.56 Å². The number of fused-ring (bicyclic) bond motifs is 2. The molecule has 3 saturated carbocycles. The maximum absolute atomic E-state index is 11.7. The van der Waals surface area contributed by atoms with Gasteiger partial charge in [0.05, 0.1) is 5.69 Å². The molecule has 3 fully saturated rings. The summed E-state index contributed by atoms with van der Waals surface area (Å²) in [6.07, 6.45) is 7.78. The smallest absolute Gasteiger partial charge is 0.251 e. The Labute approximate surface area is 101 Å². The quantitative estimate of drug-likeness (QED) is 0.848. The van der Waals surface area contributed by atoms with E-state index < -0.39 is 0 Å². The lowest BCUT2D eigenvalue weighted by molar-refractivity contribution is 0.403. The van der Waals surface area contributed by atoms with Gasteiger partial charge in [-0.1, -0.05) is 6.42 Å². The monoisotopic (exact) mass is 230 g/mol. The van der Waals surface area contributed by atoms with Crippen LogP contribution in [-0.2, 0) is 0 Å². The van der Waals surface area contributed by atoms with E-state index in [4.69, 9.17) is 4.98 Å². The lowest BCUT2D eigenvalue weighted by atomic mass is 9.88. The van der Waals surface area contributed by atoms with Crippen LogP contribution in [0, 0.1) is 11.8 Å². The van der Waals surface area contributed by atoms with Gasteiger partial charge in [0.1, 0.15) is 5.82 Å². The number of aromatic amines is 1. The van der Waals surface area contributed by atoms with Crippen molar-refractivity contribution >= 4 is 0 Å². The van der Waals surface area contributed by atoms with E-state index in [-0.39, 0.29) is 5.56 Å². The fraction of sp³-hybridized carbons (Fsp3) is 0.714. The van der Waals surface area contributed by atoms with Gasteiger partial charge in [-0.2, -0.15) is 0 Å². The van der Waals surface area contributed by atoms with Crippen LogP contribution < -0.4 is 5.56 Å². The predicted molar refractivity (Wildman–Crippen MR) is 65.0 cm³/mol. The van der Waals surface area contributed by atoms with Gasteiger partial charge in [0.2, 0.25) is 0 Å². The van der Waals surface area contributed by atoms with Crippen molar-refractivity contribution in [1.29, 1.82) is 0 Å². The molecule has 4 rings (SSSR count). The zero-order valence-electron chi connectivity index (χ0n) is 9.98. The highest BCUT2D eigenvalue weighted by Gasteiger charge is 2.41. The third kappa shape index (κ3) is 1.63. The van der Waals surface area contributed by atoms with Crippen LogP contribution >= 0.6 is 0 Å². The topological polar surface area (TPSA) is 45.8 Å². The zero-order chi connectivity index (χ0) is 11.4. The van der Waals surface area contributed by atoms with Crippen LogP contribution in [0.3, 0.4) is 0 Å². The van der Waals surface area contributed by atoms with Gasteiger partial charge < -0.3 is 4.98 Å². The van der Waals surface area contributed by atoms with E-state index in [0.29, 0.717) is 11.8 Å². The molecule has 0 spiro atoms. The van der Waals surface area contributed by atoms with E-state index >= 15 is 0 Å². The standard InChI is InChI=1S/C14H18N2O/c17-13-7-12(9-3-4-9)15-14(16-13)11-6-8-1-2-10(11)5-8/h7-11H,1-6H2,(H,15,16,17). The lowest BCUT2D eigenvalue weighted by Gasteiger charge is -2.20. The van der Waals surface area contributed by atoms with E-state index in [9.17, 15) is 4.79 Å². The molecule has 17 heavy (non-hydrogen) atoms. The number of hydrogen-bond donors (Lipinski definition) is 1. The van der Waals surface area contributed by atoms with Crippen molar-refractivity contribution in [3.8, 4) is 0 Å². The Morgan fingerprint density at radius 2 is 2.06 bits per heavy atom. The molecule has 0 saturated heterocycles. The SMILES string of the molecule is O=c1cc(C2CC2)nc(C2CC3CCC2C3)[nH]1. The molecule has 0 aliphatic heterocycles. The summed E-state index contributed by atoms with van der Waals surface area (Å²) in [5.74, 6) is 3.80. The molecule has 90 valence electrons. The highest BCUT2D eigenvalue weighted by atomic mass is 16.1. The first-order chi connectivity index (χ1) is 8.29. The van der Waals surface area contributed by atoms with E-state index in [2.05, 4.69) is 4.98 Å². The third-order valence-corrected chi connectivity index (χ3v) is 4.86. The Hall–Kier alpha value is -1.12. The second-order valence-corrected chi connectivity index (χ2v) is 6.11. The van der Waals surface area contributed by atoms with Crippen molar-refractivity contribution < 1.29 is 0 Å². The van der Waals surface area contributed by atoms with Crippen molar-refractivity contribution in [1.82, 2.24) is 9.97 Å². The zero-order valence-corrected chi connectivity index (χ0v) is 9.98. The molecule has 2 bridgehead atoms. The Kier molecular flexibility index (Phi) is 1.99. The summed E-state index contributed by atoms with van der Waals surface area (Å²) in [6.45, 7) is 0. The molecule has 0 amide bonds.